The molecule has 24 heavy (non-hydrogen) atoms. The van der Waals surface area contributed by atoms with Crippen molar-refractivity contribution in [1.29, 1.82) is 5.26 Å². The maximum Gasteiger partial charge on any atom is 0.187 e. The highest BCUT2D eigenvalue weighted by Gasteiger charge is 2.41. The monoisotopic (exact) mass is 315 g/mol. The van der Waals surface area contributed by atoms with Crippen LogP contribution in [0.3, 0.4) is 0 Å². The number of carbonyl (C=O) groups excluding carboxylic acids is 1. The Morgan fingerprint density at radius 3 is 3.00 bits per heavy atom. The van der Waals surface area contributed by atoms with Crippen molar-refractivity contribution in [2.24, 2.45) is 5.92 Å². The summed E-state index contributed by atoms with van der Waals surface area (Å²) in [5.74, 6) is -0.213. The van der Waals surface area contributed by atoms with Crippen LogP contribution in [-0.4, -0.2) is 25.1 Å². The van der Waals surface area contributed by atoms with Crippen LogP contribution in [0.5, 0.6) is 0 Å². The number of aromatic nitrogens is 4. The Morgan fingerprint density at radius 2 is 2.12 bits per heavy atom. The maximum atomic E-state index is 13.1. The van der Waals surface area contributed by atoms with Crippen molar-refractivity contribution < 1.29 is 4.79 Å². The summed E-state index contributed by atoms with van der Waals surface area (Å²) in [6.45, 7) is 0.649. The first-order valence-corrected chi connectivity index (χ1v) is 7.91. The number of hydrogen-bond donors (Lipinski definition) is 0. The SMILES string of the molecule is N#Cc1cnn2c1C(=O)C(C1c3ccccc3-c3cncn31)CC2. The summed E-state index contributed by atoms with van der Waals surface area (Å²) in [6, 6.07) is 10.2. The molecule has 3 aromatic rings. The van der Waals surface area contributed by atoms with Crippen LogP contribution in [0.15, 0.2) is 43.0 Å². The number of fused-ring (bicyclic) bond motifs is 4. The lowest BCUT2D eigenvalue weighted by Gasteiger charge is -2.28. The molecule has 6 heteroatoms. The highest BCUT2D eigenvalue weighted by Crippen LogP contribution is 2.45. The van der Waals surface area contributed by atoms with Gasteiger partial charge in [-0.25, -0.2) is 4.98 Å². The van der Waals surface area contributed by atoms with E-state index < -0.39 is 0 Å². The molecule has 2 aliphatic heterocycles. The molecule has 0 bridgehead atoms. The zero-order valence-corrected chi connectivity index (χ0v) is 12.8. The van der Waals surface area contributed by atoms with Gasteiger partial charge in [0.05, 0.1) is 36.4 Å². The van der Waals surface area contributed by atoms with Gasteiger partial charge in [-0.2, -0.15) is 10.4 Å². The molecule has 116 valence electrons. The molecule has 5 rings (SSSR count). The second-order valence-corrected chi connectivity index (χ2v) is 6.22. The summed E-state index contributed by atoms with van der Waals surface area (Å²) in [6.07, 6.45) is 5.83. The number of nitrogens with zero attached hydrogens (tertiary/aromatic N) is 5. The quantitative estimate of drug-likeness (QED) is 0.691. The number of benzene rings is 1. The first-order chi connectivity index (χ1) is 11.8. The van der Waals surface area contributed by atoms with Crippen molar-refractivity contribution in [1.82, 2.24) is 19.3 Å². The van der Waals surface area contributed by atoms with Crippen LogP contribution in [0.25, 0.3) is 11.3 Å². The van der Waals surface area contributed by atoms with Gasteiger partial charge in [0.1, 0.15) is 17.3 Å². The van der Waals surface area contributed by atoms with Gasteiger partial charge in [0.15, 0.2) is 5.78 Å². The number of rotatable bonds is 1. The maximum absolute atomic E-state index is 13.1. The van der Waals surface area contributed by atoms with E-state index >= 15 is 0 Å². The molecule has 0 saturated carbocycles. The van der Waals surface area contributed by atoms with Crippen LogP contribution in [0.2, 0.25) is 0 Å². The third-order valence-electron chi connectivity index (χ3n) is 5.08. The minimum absolute atomic E-state index is 0.00310. The molecule has 0 fully saturated rings. The third kappa shape index (κ3) is 1.56. The molecule has 4 heterocycles. The molecule has 0 aliphatic carbocycles. The van der Waals surface area contributed by atoms with E-state index in [2.05, 4.69) is 32.9 Å². The summed E-state index contributed by atoms with van der Waals surface area (Å²) >= 11 is 0. The molecule has 2 aliphatic rings. The predicted octanol–water partition coefficient (Wildman–Crippen LogP) is 2.42. The van der Waals surface area contributed by atoms with Gasteiger partial charge in [-0.1, -0.05) is 24.3 Å². The fourth-order valence-electron chi connectivity index (χ4n) is 4.05. The lowest BCUT2D eigenvalue weighted by Crippen LogP contribution is -2.33. The van der Waals surface area contributed by atoms with E-state index in [4.69, 9.17) is 0 Å². The van der Waals surface area contributed by atoms with Crippen LogP contribution in [-0.2, 0) is 6.54 Å². The van der Waals surface area contributed by atoms with Crippen LogP contribution >= 0.6 is 0 Å². The highest BCUT2D eigenvalue weighted by atomic mass is 16.1. The molecule has 0 N–H and O–H groups in total. The topological polar surface area (TPSA) is 76.5 Å². The summed E-state index contributed by atoms with van der Waals surface area (Å²) in [5.41, 5.74) is 4.14. The lowest BCUT2D eigenvalue weighted by molar-refractivity contribution is 0.0839. The van der Waals surface area contributed by atoms with Gasteiger partial charge in [-0.3, -0.25) is 9.48 Å². The van der Waals surface area contributed by atoms with Crippen LogP contribution < -0.4 is 0 Å². The Bertz CT molecular complexity index is 1020. The average molecular weight is 315 g/mol. The molecule has 2 unspecified atom stereocenters. The number of aryl methyl sites for hydroxylation is 1. The first-order valence-electron chi connectivity index (χ1n) is 7.91. The number of ketones is 1. The van der Waals surface area contributed by atoms with Crippen LogP contribution in [0, 0.1) is 17.2 Å². The third-order valence-corrected chi connectivity index (χ3v) is 5.08. The van der Waals surface area contributed by atoms with Gasteiger partial charge < -0.3 is 4.57 Å². The fourth-order valence-corrected chi connectivity index (χ4v) is 4.05. The van der Waals surface area contributed by atoms with Crippen molar-refractivity contribution in [2.75, 3.05) is 0 Å². The van der Waals surface area contributed by atoms with Crippen molar-refractivity contribution in [3.8, 4) is 17.3 Å². The normalized spacial score (nSPS) is 21.0. The Morgan fingerprint density at radius 1 is 1.25 bits per heavy atom. The van der Waals surface area contributed by atoms with E-state index in [-0.39, 0.29) is 17.7 Å². The van der Waals surface area contributed by atoms with E-state index in [9.17, 15) is 10.1 Å². The molecule has 1 aromatic carbocycles. The molecule has 0 amide bonds. The zero-order chi connectivity index (χ0) is 16.3. The van der Waals surface area contributed by atoms with E-state index in [0.29, 0.717) is 24.2 Å². The minimum Gasteiger partial charge on any atom is -0.322 e. The molecule has 2 aromatic heterocycles. The van der Waals surface area contributed by atoms with Crippen molar-refractivity contribution in [3.63, 3.8) is 0 Å². The van der Waals surface area contributed by atoms with Crippen molar-refractivity contribution >= 4 is 5.78 Å². The number of imidazole rings is 1. The Labute approximate surface area is 138 Å². The molecule has 0 saturated heterocycles. The first kappa shape index (κ1) is 13.3. The number of hydrogen-bond acceptors (Lipinski definition) is 4. The minimum atomic E-state index is -0.210. The van der Waals surface area contributed by atoms with Crippen molar-refractivity contribution in [3.05, 3.63) is 59.8 Å². The molecular weight excluding hydrogens is 302 g/mol. The fraction of sp³-hybridized carbons (Fsp3) is 0.222. The smallest absolute Gasteiger partial charge is 0.187 e. The zero-order valence-electron chi connectivity index (χ0n) is 12.8. The number of nitriles is 1. The summed E-state index contributed by atoms with van der Waals surface area (Å²) < 4.78 is 3.75. The van der Waals surface area contributed by atoms with E-state index in [1.807, 2.05) is 18.3 Å². The Hall–Kier alpha value is -3.20. The summed E-state index contributed by atoms with van der Waals surface area (Å²) in [4.78, 5) is 17.4. The number of carbonyl (C=O) groups is 1. The number of Topliss-reactive ketones (excluding diaryl/α,β-unsaturated/α-hetero) is 1. The Balaban J connectivity index is 1.66. The summed E-state index contributed by atoms with van der Waals surface area (Å²) in [7, 11) is 0. The van der Waals surface area contributed by atoms with Gasteiger partial charge in [-0.15, -0.1) is 0 Å². The van der Waals surface area contributed by atoms with Crippen molar-refractivity contribution in [2.45, 2.75) is 19.0 Å². The van der Waals surface area contributed by atoms with Crippen LogP contribution in [0.1, 0.15) is 34.1 Å². The second-order valence-electron chi connectivity index (χ2n) is 6.22. The van der Waals surface area contributed by atoms with Gasteiger partial charge in [0.25, 0.3) is 0 Å². The van der Waals surface area contributed by atoms with Crippen LogP contribution in [0.4, 0.5) is 0 Å². The molecule has 0 radical (unpaired) electrons. The van der Waals surface area contributed by atoms with E-state index in [0.717, 1.165) is 16.8 Å². The highest BCUT2D eigenvalue weighted by molar-refractivity contribution is 6.00. The standard InChI is InChI=1S/C18H13N5O/c19-7-11-8-21-23-6-5-14(18(24)16(11)23)17-13-4-2-1-3-12(13)15-9-20-10-22(15)17/h1-4,8-10,14,17H,5-6H2. The second kappa shape index (κ2) is 4.65. The van der Waals surface area contributed by atoms with Gasteiger partial charge in [0, 0.05) is 12.1 Å². The predicted molar refractivity (Wildman–Crippen MR) is 85.2 cm³/mol. The van der Waals surface area contributed by atoms with Gasteiger partial charge in [-0.05, 0) is 12.0 Å². The average Bonchev–Trinajstić information content (AvgIpc) is 3.29. The summed E-state index contributed by atoms with van der Waals surface area (Å²) in [5, 5.41) is 13.4. The molecule has 0 spiro atoms. The molecular formula is C18H13N5O. The largest absolute Gasteiger partial charge is 0.322 e. The lowest BCUT2D eigenvalue weighted by atomic mass is 9.83. The molecule has 6 nitrogen and oxygen atoms in total. The Kier molecular flexibility index (Phi) is 2.57. The van der Waals surface area contributed by atoms with Gasteiger partial charge >= 0.3 is 0 Å². The van der Waals surface area contributed by atoms with E-state index in [1.165, 1.54) is 6.20 Å². The molecule has 2 atom stereocenters. The van der Waals surface area contributed by atoms with Gasteiger partial charge in [0.2, 0.25) is 0 Å². The van der Waals surface area contributed by atoms with E-state index in [1.54, 1.807) is 11.0 Å².